The predicted octanol–water partition coefficient (Wildman–Crippen LogP) is -0.873. The fourth-order valence-electron chi connectivity index (χ4n) is 0.209. The molecule has 0 saturated carbocycles. The Balaban J connectivity index is 2.34. The largest absolute Gasteiger partial charge is 0.427 e. The summed E-state index contributed by atoms with van der Waals surface area (Å²) < 4.78 is 4.76. The number of aliphatic hydroxyl groups is 1. The van der Waals surface area contributed by atoms with Gasteiger partial charge in [0, 0.05) is 13.7 Å². The van der Waals surface area contributed by atoms with Gasteiger partial charge in [0.05, 0.1) is 0 Å². The van der Waals surface area contributed by atoms with Gasteiger partial charge in [0.2, 0.25) is 0 Å². The van der Waals surface area contributed by atoms with Gasteiger partial charge in [-0.25, -0.2) is 0 Å². The van der Waals surface area contributed by atoms with Gasteiger partial charge in [0.25, 0.3) is 0 Å². The maximum absolute atomic E-state index is 8.15. The molecule has 0 radical (unpaired) electrons. The SMILES string of the molecule is CO[SiH2]CCO. The average Bonchev–Trinajstić information content (AvgIpc) is 1.61. The van der Waals surface area contributed by atoms with Gasteiger partial charge in [-0.3, -0.25) is 0 Å². The molecule has 0 rings (SSSR count). The van der Waals surface area contributed by atoms with E-state index >= 15 is 0 Å². The fourth-order valence-corrected chi connectivity index (χ4v) is 0.627. The van der Waals surface area contributed by atoms with Crippen LogP contribution in [0.4, 0.5) is 0 Å². The molecule has 0 aromatic rings. The quantitative estimate of drug-likeness (QED) is 0.374. The van der Waals surface area contributed by atoms with Crippen LogP contribution in [0.1, 0.15) is 0 Å². The molecule has 6 heavy (non-hydrogen) atoms. The summed E-state index contributed by atoms with van der Waals surface area (Å²) in [6.45, 7) is 0.292. The van der Waals surface area contributed by atoms with E-state index in [0.717, 1.165) is 6.04 Å². The van der Waals surface area contributed by atoms with Crippen molar-refractivity contribution in [2.75, 3.05) is 13.7 Å². The maximum atomic E-state index is 8.15. The topological polar surface area (TPSA) is 29.5 Å². The van der Waals surface area contributed by atoms with E-state index in [2.05, 4.69) is 0 Å². The molecule has 1 N–H and O–H groups in total. The molecule has 0 bridgehead atoms. The van der Waals surface area contributed by atoms with Crippen molar-refractivity contribution in [1.82, 2.24) is 0 Å². The molecule has 3 heteroatoms. The Morgan fingerprint density at radius 3 is 2.67 bits per heavy atom. The van der Waals surface area contributed by atoms with Gasteiger partial charge >= 0.3 is 0 Å². The highest BCUT2D eigenvalue weighted by Gasteiger charge is 1.78. The van der Waals surface area contributed by atoms with E-state index < -0.39 is 0 Å². The Labute approximate surface area is 40.1 Å². The minimum absolute atomic E-state index is 0.292. The van der Waals surface area contributed by atoms with Crippen molar-refractivity contribution in [2.24, 2.45) is 0 Å². The van der Waals surface area contributed by atoms with Crippen molar-refractivity contribution in [3.63, 3.8) is 0 Å². The lowest BCUT2D eigenvalue weighted by molar-refractivity contribution is 0.310. The van der Waals surface area contributed by atoms with E-state index in [9.17, 15) is 0 Å². The first-order valence-electron chi connectivity index (χ1n) is 2.01. The van der Waals surface area contributed by atoms with Crippen LogP contribution in [0.15, 0.2) is 0 Å². The van der Waals surface area contributed by atoms with Crippen LogP contribution in [0.2, 0.25) is 6.04 Å². The summed E-state index contributed by atoms with van der Waals surface area (Å²) in [5, 5.41) is 8.15. The molecule has 0 aliphatic rings. The minimum Gasteiger partial charge on any atom is -0.427 e. The number of hydrogen-bond acceptors (Lipinski definition) is 2. The van der Waals surface area contributed by atoms with Crippen LogP contribution in [-0.4, -0.2) is 28.6 Å². The van der Waals surface area contributed by atoms with E-state index in [0.29, 0.717) is 6.61 Å². The van der Waals surface area contributed by atoms with Gasteiger partial charge in [-0.2, -0.15) is 0 Å². The monoisotopic (exact) mass is 106 g/mol. The second kappa shape index (κ2) is 5.14. The van der Waals surface area contributed by atoms with E-state index in [4.69, 9.17) is 9.53 Å². The van der Waals surface area contributed by atoms with Crippen molar-refractivity contribution in [3.8, 4) is 0 Å². The summed E-state index contributed by atoms with van der Waals surface area (Å²) in [6, 6.07) is 0.885. The highest BCUT2D eigenvalue weighted by Crippen LogP contribution is 1.71. The summed E-state index contributed by atoms with van der Waals surface area (Å²) in [5.41, 5.74) is 0. The Morgan fingerprint density at radius 1 is 1.83 bits per heavy atom. The molecule has 0 unspecified atom stereocenters. The third kappa shape index (κ3) is 4.14. The van der Waals surface area contributed by atoms with Crippen LogP contribution in [0.5, 0.6) is 0 Å². The first kappa shape index (κ1) is 6.14. The van der Waals surface area contributed by atoms with Crippen molar-refractivity contribution < 1.29 is 9.53 Å². The number of rotatable bonds is 3. The molecule has 0 aromatic carbocycles. The van der Waals surface area contributed by atoms with E-state index in [1.54, 1.807) is 7.11 Å². The lowest BCUT2D eigenvalue weighted by atomic mass is 10.9. The molecule has 0 aromatic heterocycles. The van der Waals surface area contributed by atoms with Crippen LogP contribution in [0, 0.1) is 0 Å². The summed E-state index contributed by atoms with van der Waals surface area (Å²) in [6.07, 6.45) is 0. The zero-order valence-electron chi connectivity index (χ0n) is 3.98. The van der Waals surface area contributed by atoms with Gasteiger partial charge < -0.3 is 9.53 Å². The van der Waals surface area contributed by atoms with Gasteiger partial charge in [-0.1, -0.05) is 0 Å². The van der Waals surface area contributed by atoms with Crippen molar-refractivity contribution in [1.29, 1.82) is 0 Å². The van der Waals surface area contributed by atoms with Crippen LogP contribution >= 0.6 is 0 Å². The Morgan fingerprint density at radius 2 is 2.50 bits per heavy atom. The summed E-state index contributed by atoms with van der Waals surface area (Å²) in [4.78, 5) is 0. The Bertz CT molecular complexity index is 20.8. The highest BCUT2D eigenvalue weighted by molar-refractivity contribution is 6.26. The molecule has 0 fully saturated rings. The van der Waals surface area contributed by atoms with Gasteiger partial charge in [-0.15, -0.1) is 0 Å². The third-order valence-corrected chi connectivity index (χ3v) is 1.52. The van der Waals surface area contributed by atoms with Gasteiger partial charge in [0.1, 0.15) is 0 Å². The molecular formula is C3H10O2Si. The predicted molar refractivity (Wildman–Crippen MR) is 27.4 cm³/mol. The van der Waals surface area contributed by atoms with Crippen LogP contribution in [-0.2, 0) is 4.43 Å². The molecule has 0 aliphatic heterocycles. The molecule has 2 nitrogen and oxygen atoms in total. The zero-order valence-corrected chi connectivity index (χ0v) is 5.39. The Hall–Kier alpha value is 0.137. The summed E-state index contributed by atoms with van der Waals surface area (Å²) in [7, 11) is 1.35. The normalized spacial score (nSPS) is 11.0. The maximum Gasteiger partial charge on any atom is 0.163 e. The van der Waals surface area contributed by atoms with E-state index in [1.165, 1.54) is 0 Å². The van der Waals surface area contributed by atoms with Crippen molar-refractivity contribution in [3.05, 3.63) is 0 Å². The van der Waals surface area contributed by atoms with Crippen LogP contribution in [0.3, 0.4) is 0 Å². The summed E-state index contributed by atoms with van der Waals surface area (Å²) >= 11 is 0. The molecular weight excluding hydrogens is 96.1 g/mol. The second-order valence-electron chi connectivity index (χ2n) is 1.07. The molecule has 0 atom stereocenters. The fraction of sp³-hybridized carbons (Fsp3) is 1.00. The molecule has 38 valence electrons. The van der Waals surface area contributed by atoms with Gasteiger partial charge in [-0.05, 0) is 6.04 Å². The van der Waals surface area contributed by atoms with Crippen LogP contribution in [0.25, 0.3) is 0 Å². The molecule has 0 saturated heterocycles. The van der Waals surface area contributed by atoms with Crippen molar-refractivity contribution in [2.45, 2.75) is 6.04 Å². The minimum atomic E-state index is -0.328. The van der Waals surface area contributed by atoms with E-state index in [-0.39, 0.29) is 9.76 Å². The van der Waals surface area contributed by atoms with E-state index in [1.807, 2.05) is 0 Å². The molecule has 0 amide bonds. The molecule has 0 heterocycles. The second-order valence-corrected chi connectivity index (χ2v) is 2.76. The smallest absolute Gasteiger partial charge is 0.163 e. The zero-order chi connectivity index (χ0) is 4.83. The highest BCUT2D eigenvalue weighted by atomic mass is 28.2. The van der Waals surface area contributed by atoms with Gasteiger partial charge in [0.15, 0.2) is 9.76 Å². The summed E-state index contributed by atoms with van der Waals surface area (Å²) in [5.74, 6) is 0. The standard InChI is InChI=1S/C3H10O2Si/c1-5-6-3-2-4/h4H,2-3,6H2,1H3. The third-order valence-electron chi connectivity index (χ3n) is 0.507. The number of hydrogen-bond donors (Lipinski definition) is 1. The number of aliphatic hydroxyl groups excluding tert-OH is 1. The molecule has 0 aliphatic carbocycles. The first-order chi connectivity index (χ1) is 2.91. The Kier molecular flexibility index (Phi) is 5.25. The average molecular weight is 106 g/mol. The van der Waals surface area contributed by atoms with Crippen molar-refractivity contribution >= 4 is 9.76 Å². The molecule has 0 spiro atoms. The lowest BCUT2D eigenvalue weighted by Gasteiger charge is -1.87. The lowest BCUT2D eigenvalue weighted by Crippen LogP contribution is -1.94. The first-order valence-corrected chi connectivity index (χ1v) is 3.59. The van der Waals surface area contributed by atoms with Crippen LogP contribution < -0.4 is 0 Å².